The van der Waals surface area contributed by atoms with Crippen LogP contribution in [0.5, 0.6) is 0 Å². The van der Waals surface area contributed by atoms with Crippen LogP contribution >= 0.6 is 7.82 Å². The average molecular weight is 228 g/mol. The summed E-state index contributed by atoms with van der Waals surface area (Å²) in [5.74, 6) is 0. The molecule has 0 spiro atoms. The predicted molar refractivity (Wildman–Crippen MR) is 44.6 cm³/mol. The highest BCUT2D eigenvalue weighted by atomic mass is 31.2. The van der Waals surface area contributed by atoms with E-state index in [1.807, 2.05) is 0 Å². The van der Waals surface area contributed by atoms with Gasteiger partial charge in [0.05, 0.1) is 26.4 Å². The Kier molecular flexibility index (Phi) is 4.46. The van der Waals surface area contributed by atoms with Crippen molar-refractivity contribution in [3.8, 4) is 0 Å². The quantitative estimate of drug-likeness (QED) is 0.412. The topological polar surface area (TPSA) is 112 Å². The smallest absolute Gasteiger partial charge is 0.376 e. The second-order valence-electron chi connectivity index (χ2n) is 2.96. The summed E-state index contributed by atoms with van der Waals surface area (Å²) in [5.41, 5.74) is 0. The molecule has 0 saturated carbocycles. The molecular formula is C6H13O7P. The Morgan fingerprint density at radius 3 is 1.64 bits per heavy atom. The summed E-state index contributed by atoms with van der Waals surface area (Å²) in [5, 5.41) is 0. The number of rotatable bonds is 4. The fraction of sp³-hybridized carbons (Fsp3) is 1.00. The van der Waals surface area contributed by atoms with Gasteiger partial charge in [-0.2, -0.15) is 0 Å². The lowest BCUT2D eigenvalue weighted by Gasteiger charge is -1.95. The molecule has 8 heteroatoms. The molecule has 3 N–H and O–H groups in total. The van der Waals surface area contributed by atoms with E-state index in [1.165, 1.54) is 0 Å². The van der Waals surface area contributed by atoms with E-state index in [0.717, 1.165) is 26.4 Å². The first-order chi connectivity index (χ1) is 6.45. The maximum atomic E-state index is 8.88. The molecule has 2 aliphatic rings. The van der Waals surface area contributed by atoms with Crippen LogP contribution in [0.3, 0.4) is 0 Å². The van der Waals surface area contributed by atoms with E-state index in [0.29, 0.717) is 12.2 Å². The summed E-state index contributed by atoms with van der Waals surface area (Å²) < 4.78 is 24.0. The minimum absolute atomic E-state index is 0.392. The van der Waals surface area contributed by atoms with E-state index < -0.39 is 7.82 Å². The Morgan fingerprint density at radius 1 is 1.14 bits per heavy atom. The van der Waals surface area contributed by atoms with Crippen molar-refractivity contribution < 1.29 is 33.5 Å². The zero-order valence-electron chi connectivity index (χ0n) is 7.40. The van der Waals surface area contributed by atoms with Crippen LogP contribution in [0.1, 0.15) is 0 Å². The van der Waals surface area contributed by atoms with Gasteiger partial charge in [-0.25, -0.2) is 4.57 Å². The molecule has 0 aliphatic carbocycles. The van der Waals surface area contributed by atoms with Gasteiger partial charge in [-0.15, -0.1) is 0 Å². The largest absolute Gasteiger partial charge is 0.466 e. The summed E-state index contributed by atoms with van der Waals surface area (Å²) in [6, 6.07) is 0. The normalized spacial score (nSPS) is 29.1. The minimum Gasteiger partial charge on any atom is -0.376 e. The molecule has 2 unspecified atom stereocenters. The Labute approximate surface area is 80.8 Å². The molecule has 0 aromatic carbocycles. The van der Waals surface area contributed by atoms with Crippen molar-refractivity contribution in [2.45, 2.75) is 12.2 Å². The lowest BCUT2D eigenvalue weighted by molar-refractivity contribution is 0.102. The zero-order chi connectivity index (χ0) is 10.6. The van der Waals surface area contributed by atoms with Gasteiger partial charge in [0, 0.05) is 0 Å². The van der Waals surface area contributed by atoms with Crippen LogP contribution in [0.2, 0.25) is 0 Å². The van der Waals surface area contributed by atoms with Gasteiger partial charge < -0.3 is 28.9 Å². The Bertz CT molecular complexity index is 186. The second-order valence-corrected chi connectivity index (χ2v) is 3.99. The van der Waals surface area contributed by atoms with Crippen LogP contribution in [-0.2, 0) is 18.8 Å². The Hall–Kier alpha value is -0.0100. The Morgan fingerprint density at radius 2 is 1.43 bits per heavy atom. The summed E-state index contributed by atoms with van der Waals surface area (Å²) in [6.07, 6.45) is 0.785. The van der Waals surface area contributed by atoms with Crippen molar-refractivity contribution in [2.24, 2.45) is 0 Å². The first kappa shape index (κ1) is 12.1. The monoisotopic (exact) mass is 228 g/mol. The molecule has 2 saturated heterocycles. The molecule has 2 heterocycles. The number of ether oxygens (including phenoxy) is 3. The van der Waals surface area contributed by atoms with Gasteiger partial charge in [0.2, 0.25) is 0 Å². The zero-order valence-corrected chi connectivity index (χ0v) is 8.30. The maximum absolute atomic E-state index is 8.88. The predicted octanol–water partition coefficient (Wildman–Crippen LogP) is -1.13. The summed E-state index contributed by atoms with van der Waals surface area (Å²) >= 11 is 0. The Balaban J connectivity index is 0.000000171. The summed E-state index contributed by atoms with van der Waals surface area (Å²) in [6.45, 7) is 3.26. The molecule has 0 aromatic rings. The van der Waals surface area contributed by atoms with Crippen LogP contribution in [0, 0.1) is 0 Å². The van der Waals surface area contributed by atoms with E-state index in [4.69, 9.17) is 33.5 Å². The van der Waals surface area contributed by atoms with E-state index in [2.05, 4.69) is 0 Å². The molecule has 14 heavy (non-hydrogen) atoms. The third-order valence-electron chi connectivity index (χ3n) is 1.41. The highest BCUT2D eigenvalue weighted by Crippen LogP contribution is 2.25. The van der Waals surface area contributed by atoms with Gasteiger partial charge in [-0.05, 0) is 0 Å². The molecule has 2 fully saturated rings. The fourth-order valence-electron chi connectivity index (χ4n) is 0.659. The van der Waals surface area contributed by atoms with Crippen molar-refractivity contribution in [1.29, 1.82) is 0 Å². The van der Waals surface area contributed by atoms with Gasteiger partial charge in [0.1, 0.15) is 12.2 Å². The average Bonchev–Trinajstić information content (AvgIpc) is 2.75. The van der Waals surface area contributed by atoms with Crippen LogP contribution in [0.15, 0.2) is 0 Å². The number of phosphoric acid groups is 1. The molecule has 7 nitrogen and oxygen atoms in total. The molecule has 0 bridgehead atoms. The van der Waals surface area contributed by atoms with E-state index >= 15 is 0 Å². The van der Waals surface area contributed by atoms with Gasteiger partial charge in [-0.3, -0.25) is 0 Å². The van der Waals surface area contributed by atoms with E-state index in [-0.39, 0.29) is 0 Å². The molecule has 0 aromatic heterocycles. The number of epoxide rings is 2. The molecule has 84 valence electrons. The molecule has 2 rings (SSSR count). The van der Waals surface area contributed by atoms with Crippen molar-refractivity contribution in [2.75, 3.05) is 26.4 Å². The van der Waals surface area contributed by atoms with Gasteiger partial charge >= 0.3 is 7.82 Å². The van der Waals surface area contributed by atoms with Gasteiger partial charge in [0.15, 0.2) is 0 Å². The second kappa shape index (κ2) is 5.18. The molecule has 2 aliphatic heterocycles. The van der Waals surface area contributed by atoms with Crippen LogP contribution in [0.25, 0.3) is 0 Å². The van der Waals surface area contributed by atoms with Crippen molar-refractivity contribution >= 4 is 7.82 Å². The highest BCUT2D eigenvalue weighted by Gasteiger charge is 2.26. The number of hydrogen-bond acceptors (Lipinski definition) is 4. The lowest BCUT2D eigenvalue weighted by Crippen LogP contribution is -2.06. The van der Waals surface area contributed by atoms with Crippen molar-refractivity contribution in [1.82, 2.24) is 0 Å². The van der Waals surface area contributed by atoms with Crippen LogP contribution in [0.4, 0.5) is 0 Å². The van der Waals surface area contributed by atoms with Gasteiger partial charge in [-0.1, -0.05) is 0 Å². The van der Waals surface area contributed by atoms with Crippen LogP contribution < -0.4 is 0 Å². The highest BCUT2D eigenvalue weighted by molar-refractivity contribution is 7.45. The third-order valence-corrected chi connectivity index (χ3v) is 1.41. The van der Waals surface area contributed by atoms with Crippen molar-refractivity contribution in [3.05, 3.63) is 0 Å². The molecule has 0 radical (unpaired) electrons. The number of hydrogen-bond donors (Lipinski definition) is 3. The summed E-state index contributed by atoms with van der Waals surface area (Å²) in [7, 11) is -4.64. The van der Waals surface area contributed by atoms with Gasteiger partial charge in [0.25, 0.3) is 0 Å². The summed E-state index contributed by atoms with van der Waals surface area (Å²) in [4.78, 5) is 21.6. The van der Waals surface area contributed by atoms with E-state index in [9.17, 15) is 0 Å². The first-order valence-electron chi connectivity index (χ1n) is 4.04. The van der Waals surface area contributed by atoms with Crippen molar-refractivity contribution in [3.63, 3.8) is 0 Å². The first-order valence-corrected chi connectivity index (χ1v) is 5.61. The van der Waals surface area contributed by atoms with Crippen LogP contribution in [-0.4, -0.2) is 53.3 Å². The molecule has 0 amide bonds. The maximum Gasteiger partial charge on any atom is 0.466 e. The van der Waals surface area contributed by atoms with E-state index in [1.54, 1.807) is 0 Å². The molecular weight excluding hydrogens is 215 g/mol. The lowest BCUT2D eigenvalue weighted by atomic mass is 10.5. The standard InChI is InChI=1S/C6H10O3.H3O4P/c1(5-3-8-5)7-2-6-4-9-6;1-5(2,3)4/h5-6H,1-4H2;(H3,1,2,3,4). The SMILES string of the molecule is C(OCC1CO1)C1CO1.O=P(O)(O)O. The molecule has 2 atom stereocenters. The minimum atomic E-state index is -4.64. The third kappa shape index (κ3) is 10.1. The fourth-order valence-corrected chi connectivity index (χ4v) is 0.659.